The number of amides is 3. The van der Waals surface area contributed by atoms with Gasteiger partial charge >= 0.3 is 0 Å². The van der Waals surface area contributed by atoms with Crippen LogP contribution < -0.4 is 5.32 Å². The molecule has 354 valence electrons. The standard InChI is InChI=1S/C26H50N4O7.C18H35N5O/c1-24(31)28(2)12-14-34-16-18-36-20-22-37-21-19-35-17-15-33-13-5-26(32)30-10-8-29(9-11-30)23-25-3-6-27-7-4-25;1-19-5-3-17(4-6-19)15-21-11-13-23(14-12-21)18(24)16-22-9-7-20(2)8-10-22/h25,27H,3-23H2,1-2H3;17H,3-16H2,1-2H3. The van der Waals surface area contributed by atoms with Crippen LogP contribution in [0.3, 0.4) is 0 Å². The van der Waals surface area contributed by atoms with Crippen LogP contribution in [0.1, 0.15) is 39.0 Å². The summed E-state index contributed by atoms with van der Waals surface area (Å²) < 4.78 is 27.4. The van der Waals surface area contributed by atoms with Gasteiger partial charge in [-0.05, 0) is 77.8 Å². The van der Waals surface area contributed by atoms with Gasteiger partial charge in [0.25, 0.3) is 0 Å². The van der Waals surface area contributed by atoms with Crippen molar-refractivity contribution < 1.29 is 38.1 Å². The average molecular weight is 868 g/mol. The van der Waals surface area contributed by atoms with Crippen molar-refractivity contribution in [2.45, 2.75) is 39.0 Å². The van der Waals surface area contributed by atoms with Crippen LogP contribution >= 0.6 is 0 Å². The molecule has 0 aromatic heterocycles. The Kier molecular flexibility index (Phi) is 26.2. The third-order valence-corrected chi connectivity index (χ3v) is 12.8. The van der Waals surface area contributed by atoms with Crippen molar-refractivity contribution in [3.8, 4) is 0 Å². The first-order valence-electron chi connectivity index (χ1n) is 23.6. The summed E-state index contributed by atoms with van der Waals surface area (Å²) in [6.07, 6.45) is 5.63. The van der Waals surface area contributed by atoms with E-state index < -0.39 is 0 Å². The molecule has 0 aliphatic carbocycles. The van der Waals surface area contributed by atoms with Crippen LogP contribution in [-0.4, -0.2) is 275 Å². The molecule has 0 atom stereocenters. The molecule has 0 aromatic carbocycles. The minimum absolute atomic E-state index is 0.0305. The summed E-state index contributed by atoms with van der Waals surface area (Å²) in [5, 5.41) is 3.42. The van der Waals surface area contributed by atoms with Gasteiger partial charge in [0.1, 0.15) is 0 Å². The maximum absolute atomic E-state index is 12.5. The molecule has 17 nitrogen and oxygen atoms in total. The highest BCUT2D eigenvalue weighted by Crippen LogP contribution is 2.19. The fourth-order valence-corrected chi connectivity index (χ4v) is 8.35. The van der Waals surface area contributed by atoms with Crippen LogP contribution in [0.25, 0.3) is 0 Å². The Morgan fingerprint density at radius 3 is 1.41 bits per heavy atom. The topological polar surface area (TPSA) is 135 Å². The summed E-state index contributed by atoms with van der Waals surface area (Å²) in [5.74, 6) is 2.20. The Morgan fingerprint density at radius 2 is 0.918 bits per heavy atom. The number of hydrogen-bond donors (Lipinski definition) is 1. The normalized spacial score (nSPS) is 21.0. The first kappa shape index (κ1) is 51.6. The lowest BCUT2D eigenvalue weighted by Gasteiger charge is -2.39. The van der Waals surface area contributed by atoms with Crippen molar-refractivity contribution in [1.82, 2.24) is 44.5 Å². The number of piperazine rings is 3. The zero-order valence-electron chi connectivity index (χ0n) is 38.7. The summed E-state index contributed by atoms with van der Waals surface area (Å²) in [5.41, 5.74) is 0. The zero-order valence-corrected chi connectivity index (χ0v) is 38.7. The lowest BCUT2D eigenvalue weighted by Crippen LogP contribution is -2.54. The van der Waals surface area contributed by atoms with E-state index in [-0.39, 0.29) is 11.8 Å². The Morgan fingerprint density at radius 1 is 0.508 bits per heavy atom. The highest BCUT2D eigenvalue weighted by molar-refractivity contribution is 5.78. The van der Waals surface area contributed by atoms with Crippen molar-refractivity contribution in [2.75, 3.05) is 218 Å². The van der Waals surface area contributed by atoms with Crippen LogP contribution in [0.5, 0.6) is 0 Å². The van der Waals surface area contributed by atoms with Gasteiger partial charge in [0.15, 0.2) is 0 Å². The SMILES string of the molecule is CC(=O)N(C)CCOCCOCCOCCOCCOCCC(=O)N1CCN(CC2CCNCC2)CC1.CN1CCC(CN2CCN(C(=O)CN3CCN(C)CC3)CC2)CC1. The molecule has 0 aromatic rings. The van der Waals surface area contributed by atoms with E-state index in [1.165, 1.54) is 58.8 Å². The number of nitrogens with zero attached hydrogens (tertiary/aromatic N) is 8. The molecule has 1 N–H and O–H groups in total. The molecule has 3 amide bonds. The van der Waals surface area contributed by atoms with Gasteiger partial charge in [-0.1, -0.05) is 0 Å². The smallest absolute Gasteiger partial charge is 0.236 e. The minimum Gasteiger partial charge on any atom is -0.379 e. The van der Waals surface area contributed by atoms with E-state index in [1.54, 1.807) is 11.9 Å². The summed E-state index contributed by atoms with van der Waals surface area (Å²) >= 11 is 0. The number of carbonyl (C=O) groups excluding carboxylic acids is 3. The monoisotopic (exact) mass is 868 g/mol. The van der Waals surface area contributed by atoms with E-state index >= 15 is 0 Å². The number of likely N-dealkylation sites (tertiary alicyclic amines) is 1. The van der Waals surface area contributed by atoms with Gasteiger partial charge in [-0.2, -0.15) is 0 Å². The van der Waals surface area contributed by atoms with E-state index in [0.29, 0.717) is 91.5 Å². The second-order valence-electron chi connectivity index (χ2n) is 17.6. The number of rotatable bonds is 24. The summed E-state index contributed by atoms with van der Waals surface area (Å²) in [6.45, 7) is 26.6. The number of carbonyl (C=O) groups is 3. The molecular formula is C44H85N9O8. The van der Waals surface area contributed by atoms with E-state index in [0.717, 1.165) is 103 Å². The Labute approximate surface area is 368 Å². The number of ether oxygens (including phenoxy) is 5. The molecule has 5 aliphatic rings. The Hall–Kier alpha value is -2.03. The van der Waals surface area contributed by atoms with Crippen molar-refractivity contribution in [3.05, 3.63) is 0 Å². The number of piperidine rings is 2. The van der Waals surface area contributed by atoms with Crippen LogP contribution in [-0.2, 0) is 38.1 Å². The maximum atomic E-state index is 12.5. The minimum atomic E-state index is 0.0305. The quantitative estimate of drug-likeness (QED) is 0.129. The van der Waals surface area contributed by atoms with Crippen LogP contribution in [0.4, 0.5) is 0 Å². The molecule has 5 rings (SSSR count). The molecule has 5 aliphatic heterocycles. The summed E-state index contributed by atoms with van der Waals surface area (Å²) in [7, 11) is 6.13. The largest absolute Gasteiger partial charge is 0.379 e. The van der Waals surface area contributed by atoms with Gasteiger partial charge in [-0.15, -0.1) is 0 Å². The summed E-state index contributed by atoms with van der Waals surface area (Å²) in [4.78, 5) is 53.9. The molecule has 17 heteroatoms. The lowest BCUT2D eigenvalue weighted by molar-refractivity contribution is -0.135. The van der Waals surface area contributed by atoms with Crippen LogP contribution in [0, 0.1) is 11.8 Å². The van der Waals surface area contributed by atoms with E-state index in [9.17, 15) is 14.4 Å². The number of nitrogens with one attached hydrogen (secondary N) is 1. The summed E-state index contributed by atoms with van der Waals surface area (Å²) in [6, 6.07) is 0. The van der Waals surface area contributed by atoms with Gasteiger partial charge in [-0.3, -0.25) is 29.1 Å². The Balaban J connectivity index is 0.000000293. The van der Waals surface area contributed by atoms with E-state index in [2.05, 4.69) is 48.8 Å². The average Bonchev–Trinajstić information content (AvgIpc) is 3.27. The predicted molar refractivity (Wildman–Crippen MR) is 238 cm³/mol. The second-order valence-corrected chi connectivity index (χ2v) is 17.6. The fourth-order valence-electron chi connectivity index (χ4n) is 8.35. The van der Waals surface area contributed by atoms with Gasteiger partial charge in [0, 0.05) is 112 Å². The number of likely N-dealkylation sites (N-methyl/N-ethyl adjacent to an activating group) is 2. The molecule has 0 unspecified atom stereocenters. The molecule has 61 heavy (non-hydrogen) atoms. The van der Waals surface area contributed by atoms with E-state index in [1.807, 2.05) is 4.90 Å². The van der Waals surface area contributed by atoms with Crippen molar-refractivity contribution in [2.24, 2.45) is 11.8 Å². The van der Waals surface area contributed by atoms with Crippen LogP contribution in [0.15, 0.2) is 0 Å². The van der Waals surface area contributed by atoms with Crippen molar-refractivity contribution >= 4 is 17.7 Å². The number of hydrogen-bond acceptors (Lipinski definition) is 14. The second kappa shape index (κ2) is 30.9. The zero-order chi connectivity index (χ0) is 43.5. The Bertz CT molecular complexity index is 1170. The molecule has 5 fully saturated rings. The van der Waals surface area contributed by atoms with Crippen LogP contribution in [0.2, 0.25) is 0 Å². The molecule has 0 saturated carbocycles. The third kappa shape index (κ3) is 22.4. The van der Waals surface area contributed by atoms with Gasteiger partial charge in [0.05, 0.1) is 79.0 Å². The van der Waals surface area contributed by atoms with Crippen molar-refractivity contribution in [3.63, 3.8) is 0 Å². The highest BCUT2D eigenvalue weighted by atomic mass is 16.6. The van der Waals surface area contributed by atoms with Gasteiger partial charge in [0.2, 0.25) is 17.7 Å². The fraction of sp³-hybridized carbons (Fsp3) is 0.932. The maximum Gasteiger partial charge on any atom is 0.236 e. The van der Waals surface area contributed by atoms with Crippen molar-refractivity contribution in [1.29, 1.82) is 0 Å². The predicted octanol–water partition coefficient (Wildman–Crippen LogP) is -0.199. The first-order chi connectivity index (χ1) is 29.7. The molecular weight excluding hydrogens is 783 g/mol. The van der Waals surface area contributed by atoms with Gasteiger partial charge in [-0.25, -0.2) is 0 Å². The van der Waals surface area contributed by atoms with Gasteiger partial charge < -0.3 is 53.5 Å². The molecule has 0 spiro atoms. The first-order valence-corrected chi connectivity index (χ1v) is 23.6. The van der Waals surface area contributed by atoms with E-state index in [4.69, 9.17) is 23.7 Å². The lowest BCUT2D eigenvalue weighted by atomic mass is 9.96. The molecule has 5 saturated heterocycles. The molecule has 0 radical (unpaired) electrons. The third-order valence-electron chi connectivity index (χ3n) is 12.8. The molecule has 5 heterocycles. The molecule has 0 bridgehead atoms. The highest BCUT2D eigenvalue weighted by Gasteiger charge is 2.27.